The Bertz CT molecular complexity index is 463. The van der Waals surface area contributed by atoms with E-state index in [0.717, 1.165) is 26.2 Å². The Morgan fingerprint density at radius 3 is 2.69 bits per heavy atom. The molecule has 2 aromatic carbocycles. The van der Waals surface area contributed by atoms with Gasteiger partial charge in [-0.3, -0.25) is 4.79 Å². The second-order valence-electron chi connectivity index (χ2n) is 2.83. The largest absolute Gasteiger partial charge is 0.298 e. The van der Waals surface area contributed by atoms with Crippen LogP contribution in [0.1, 0.15) is 10.4 Å². The Labute approximate surface area is 89.9 Å². The summed E-state index contributed by atoms with van der Waals surface area (Å²) in [5.74, 6) is 0. The Kier molecular flexibility index (Phi) is 2.31. The van der Waals surface area contributed by atoms with Gasteiger partial charge < -0.3 is 0 Å². The van der Waals surface area contributed by atoms with E-state index in [4.69, 9.17) is 0 Å². The molecule has 0 aliphatic heterocycles. The Morgan fingerprint density at radius 2 is 1.92 bits per heavy atom. The lowest BCUT2D eigenvalue weighted by Crippen LogP contribution is -1.84. The number of hydrogen-bond donors (Lipinski definition) is 0. The van der Waals surface area contributed by atoms with E-state index in [0.29, 0.717) is 0 Å². The third kappa shape index (κ3) is 1.58. The Hall–Kier alpha value is -0.900. The monoisotopic (exact) mass is 282 g/mol. The van der Waals surface area contributed by atoms with Gasteiger partial charge in [-0.1, -0.05) is 24.3 Å². The first-order chi connectivity index (χ1) is 6.31. The summed E-state index contributed by atoms with van der Waals surface area (Å²) in [6.45, 7) is 0. The van der Waals surface area contributed by atoms with Crippen LogP contribution in [-0.2, 0) is 0 Å². The molecule has 0 bridgehead atoms. The molecule has 0 fully saturated rings. The van der Waals surface area contributed by atoms with Crippen molar-refractivity contribution in [2.24, 2.45) is 0 Å². The third-order valence-electron chi connectivity index (χ3n) is 1.99. The van der Waals surface area contributed by atoms with Crippen molar-refractivity contribution in [2.75, 3.05) is 0 Å². The number of halogens is 1. The van der Waals surface area contributed by atoms with E-state index >= 15 is 0 Å². The summed E-state index contributed by atoms with van der Waals surface area (Å²) in [6, 6.07) is 11.9. The van der Waals surface area contributed by atoms with Gasteiger partial charge in [0.05, 0.1) is 0 Å². The van der Waals surface area contributed by atoms with Gasteiger partial charge in [-0.05, 0) is 45.5 Å². The zero-order chi connectivity index (χ0) is 9.26. The predicted octanol–water partition coefficient (Wildman–Crippen LogP) is 3.26. The van der Waals surface area contributed by atoms with Gasteiger partial charge in [0.1, 0.15) is 0 Å². The lowest BCUT2D eigenvalue weighted by atomic mass is 10.1. The fraction of sp³-hybridized carbons (Fsp3) is 0. The van der Waals surface area contributed by atoms with Gasteiger partial charge in [-0.25, -0.2) is 0 Å². The molecule has 0 spiro atoms. The van der Waals surface area contributed by atoms with Crippen LogP contribution in [0.15, 0.2) is 36.4 Å². The summed E-state index contributed by atoms with van der Waals surface area (Å²) in [7, 11) is 0. The highest BCUT2D eigenvalue weighted by molar-refractivity contribution is 14.1. The first kappa shape index (κ1) is 8.69. The normalized spacial score (nSPS) is 10.2. The number of aldehydes is 1. The van der Waals surface area contributed by atoms with Gasteiger partial charge in [0.2, 0.25) is 0 Å². The molecule has 0 aliphatic rings. The number of fused-ring (bicyclic) bond motifs is 1. The number of carbonyl (C=O) groups excluding carboxylic acids is 1. The van der Waals surface area contributed by atoms with Crippen LogP contribution in [0, 0.1) is 3.57 Å². The summed E-state index contributed by atoms with van der Waals surface area (Å²) in [5, 5.41) is 2.15. The first-order valence-corrected chi connectivity index (χ1v) is 5.02. The average molecular weight is 282 g/mol. The standard InChI is InChI=1S/C11H7IO/c12-10-5-8-3-1-2-4-11(8)9(6-10)7-13/h1-7H. The maximum Gasteiger partial charge on any atom is 0.150 e. The average Bonchev–Trinajstić information content (AvgIpc) is 2.16. The van der Waals surface area contributed by atoms with Gasteiger partial charge in [0.15, 0.2) is 6.29 Å². The molecule has 2 heteroatoms. The molecule has 2 rings (SSSR count). The fourth-order valence-electron chi connectivity index (χ4n) is 1.40. The quantitative estimate of drug-likeness (QED) is 0.579. The Morgan fingerprint density at radius 1 is 1.15 bits per heavy atom. The SMILES string of the molecule is O=Cc1cc(I)cc2ccccc12. The number of carbonyl (C=O) groups is 1. The lowest BCUT2D eigenvalue weighted by Gasteiger charge is -2.01. The molecular weight excluding hydrogens is 275 g/mol. The van der Waals surface area contributed by atoms with Gasteiger partial charge >= 0.3 is 0 Å². The van der Waals surface area contributed by atoms with Gasteiger partial charge in [0, 0.05) is 9.13 Å². The van der Waals surface area contributed by atoms with Gasteiger partial charge in [-0.15, -0.1) is 0 Å². The molecule has 0 aromatic heterocycles. The van der Waals surface area contributed by atoms with Crippen LogP contribution >= 0.6 is 22.6 Å². The van der Waals surface area contributed by atoms with Crippen molar-refractivity contribution < 1.29 is 4.79 Å². The van der Waals surface area contributed by atoms with Crippen molar-refractivity contribution >= 4 is 39.6 Å². The molecule has 0 saturated heterocycles. The summed E-state index contributed by atoms with van der Waals surface area (Å²) in [6.07, 6.45) is 0.907. The highest BCUT2D eigenvalue weighted by Crippen LogP contribution is 2.20. The predicted molar refractivity (Wildman–Crippen MR) is 62.1 cm³/mol. The minimum absolute atomic E-state index is 0.766. The molecule has 1 nitrogen and oxygen atoms in total. The third-order valence-corrected chi connectivity index (χ3v) is 2.61. The number of hydrogen-bond acceptors (Lipinski definition) is 1. The summed E-state index contributed by atoms with van der Waals surface area (Å²) in [5.41, 5.74) is 0.766. The second-order valence-corrected chi connectivity index (χ2v) is 4.08. The molecule has 64 valence electrons. The maximum absolute atomic E-state index is 10.8. The van der Waals surface area contributed by atoms with Crippen molar-refractivity contribution in [2.45, 2.75) is 0 Å². The summed E-state index contributed by atoms with van der Waals surface area (Å²) < 4.78 is 1.10. The van der Waals surface area contributed by atoms with Crippen molar-refractivity contribution in [1.82, 2.24) is 0 Å². The van der Waals surface area contributed by atoms with Crippen LogP contribution in [0.25, 0.3) is 10.8 Å². The first-order valence-electron chi connectivity index (χ1n) is 3.95. The molecule has 13 heavy (non-hydrogen) atoms. The van der Waals surface area contributed by atoms with Crippen LogP contribution in [0.2, 0.25) is 0 Å². The van der Waals surface area contributed by atoms with E-state index in [1.165, 1.54) is 0 Å². The summed E-state index contributed by atoms with van der Waals surface area (Å²) in [4.78, 5) is 10.8. The molecular formula is C11H7IO. The van der Waals surface area contributed by atoms with E-state index in [1.54, 1.807) is 0 Å². The zero-order valence-electron chi connectivity index (χ0n) is 6.83. The minimum Gasteiger partial charge on any atom is -0.298 e. The molecule has 0 amide bonds. The molecule has 0 aliphatic carbocycles. The van der Waals surface area contributed by atoms with E-state index in [2.05, 4.69) is 28.7 Å². The molecule has 0 N–H and O–H groups in total. The molecule has 0 atom stereocenters. The molecule has 2 aromatic rings. The van der Waals surface area contributed by atoms with E-state index in [-0.39, 0.29) is 0 Å². The molecule has 0 heterocycles. The second kappa shape index (κ2) is 3.46. The fourth-order valence-corrected chi connectivity index (χ4v) is 2.07. The van der Waals surface area contributed by atoms with E-state index in [9.17, 15) is 4.79 Å². The van der Waals surface area contributed by atoms with Crippen LogP contribution in [0.3, 0.4) is 0 Å². The zero-order valence-corrected chi connectivity index (χ0v) is 8.99. The number of rotatable bonds is 1. The van der Waals surface area contributed by atoms with Crippen LogP contribution in [0.4, 0.5) is 0 Å². The highest BCUT2D eigenvalue weighted by atomic mass is 127. The molecule has 0 radical (unpaired) electrons. The maximum atomic E-state index is 10.8. The highest BCUT2D eigenvalue weighted by Gasteiger charge is 2.00. The summed E-state index contributed by atoms with van der Waals surface area (Å²) >= 11 is 2.22. The van der Waals surface area contributed by atoms with Gasteiger partial charge in [0.25, 0.3) is 0 Å². The van der Waals surface area contributed by atoms with E-state index < -0.39 is 0 Å². The minimum atomic E-state index is 0.766. The van der Waals surface area contributed by atoms with Crippen LogP contribution in [-0.4, -0.2) is 6.29 Å². The van der Waals surface area contributed by atoms with Crippen LogP contribution < -0.4 is 0 Å². The van der Waals surface area contributed by atoms with Crippen molar-refractivity contribution in [3.05, 3.63) is 45.5 Å². The van der Waals surface area contributed by atoms with Crippen molar-refractivity contribution in [1.29, 1.82) is 0 Å². The van der Waals surface area contributed by atoms with Crippen molar-refractivity contribution in [3.8, 4) is 0 Å². The van der Waals surface area contributed by atoms with E-state index in [1.807, 2.05) is 30.3 Å². The van der Waals surface area contributed by atoms with Crippen LogP contribution in [0.5, 0.6) is 0 Å². The topological polar surface area (TPSA) is 17.1 Å². The Balaban J connectivity index is 2.89. The molecule has 0 unspecified atom stereocenters. The smallest absolute Gasteiger partial charge is 0.150 e. The lowest BCUT2D eigenvalue weighted by molar-refractivity contribution is 0.112. The van der Waals surface area contributed by atoms with Crippen molar-refractivity contribution in [3.63, 3.8) is 0 Å². The molecule has 0 saturated carbocycles. The van der Waals surface area contributed by atoms with Gasteiger partial charge in [-0.2, -0.15) is 0 Å². The number of benzene rings is 2.